The lowest BCUT2D eigenvalue weighted by Crippen LogP contribution is -2.37. The highest BCUT2D eigenvalue weighted by molar-refractivity contribution is 5.79. The molecule has 0 spiro atoms. The molecule has 5 nitrogen and oxygen atoms in total. The average Bonchev–Trinajstić information content (AvgIpc) is 2.57. The lowest BCUT2D eigenvalue weighted by atomic mass is 10.2. The molecule has 0 saturated heterocycles. The maximum absolute atomic E-state index is 12.9. The summed E-state index contributed by atoms with van der Waals surface area (Å²) in [6.07, 6.45) is 2.71. The molecule has 2 rings (SSSR count). The van der Waals surface area contributed by atoms with Crippen molar-refractivity contribution in [3.05, 3.63) is 54.0 Å². The Balaban J connectivity index is 1.95. The van der Waals surface area contributed by atoms with Gasteiger partial charge in [-0.1, -0.05) is 6.92 Å². The van der Waals surface area contributed by atoms with E-state index in [9.17, 15) is 4.39 Å². The Morgan fingerprint density at radius 1 is 1.22 bits per heavy atom. The van der Waals surface area contributed by atoms with Gasteiger partial charge in [0.25, 0.3) is 0 Å². The third-order valence-corrected chi connectivity index (χ3v) is 3.06. The number of pyridine rings is 1. The van der Waals surface area contributed by atoms with Gasteiger partial charge in [-0.3, -0.25) is 4.99 Å². The van der Waals surface area contributed by atoms with Crippen LogP contribution >= 0.6 is 0 Å². The summed E-state index contributed by atoms with van der Waals surface area (Å²) in [6, 6.07) is 9.58. The van der Waals surface area contributed by atoms with E-state index in [2.05, 4.69) is 27.5 Å². The van der Waals surface area contributed by atoms with Crippen molar-refractivity contribution in [3.8, 4) is 11.6 Å². The van der Waals surface area contributed by atoms with Crippen molar-refractivity contribution in [1.82, 2.24) is 15.6 Å². The molecule has 2 aromatic rings. The summed E-state index contributed by atoms with van der Waals surface area (Å²) in [5.41, 5.74) is 1.01. The van der Waals surface area contributed by atoms with E-state index in [1.807, 2.05) is 12.1 Å². The Kier molecular flexibility index (Phi) is 6.35. The van der Waals surface area contributed by atoms with Crippen LogP contribution < -0.4 is 15.4 Å². The molecule has 1 aromatic heterocycles. The lowest BCUT2D eigenvalue weighted by molar-refractivity contribution is 0.460. The summed E-state index contributed by atoms with van der Waals surface area (Å²) in [4.78, 5) is 8.32. The minimum absolute atomic E-state index is 0.297. The predicted octanol–water partition coefficient (Wildman–Crippen LogP) is 3.09. The molecule has 6 heteroatoms. The second kappa shape index (κ2) is 8.73. The van der Waals surface area contributed by atoms with Crippen molar-refractivity contribution < 1.29 is 9.13 Å². The largest absolute Gasteiger partial charge is 0.439 e. The monoisotopic (exact) mass is 316 g/mol. The van der Waals surface area contributed by atoms with Crippen LogP contribution in [0.3, 0.4) is 0 Å². The van der Waals surface area contributed by atoms with Gasteiger partial charge in [0.15, 0.2) is 5.96 Å². The van der Waals surface area contributed by atoms with E-state index in [0.717, 1.165) is 24.5 Å². The number of nitrogens with zero attached hydrogens (tertiary/aromatic N) is 2. The van der Waals surface area contributed by atoms with Gasteiger partial charge in [-0.15, -0.1) is 0 Å². The number of aliphatic imine (C=N–C) groups is 1. The first-order chi connectivity index (χ1) is 11.2. The second-order valence-electron chi connectivity index (χ2n) is 4.91. The average molecular weight is 316 g/mol. The highest BCUT2D eigenvalue weighted by Crippen LogP contribution is 2.20. The number of halogens is 1. The molecule has 0 aliphatic heterocycles. The molecule has 122 valence electrons. The van der Waals surface area contributed by atoms with Crippen molar-refractivity contribution in [1.29, 1.82) is 0 Å². The van der Waals surface area contributed by atoms with E-state index in [-0.39, 0.29) is 5.82 Å². The molecule has 1 aromatic carbocycles. The molecule has 2 N–H and O–H groups in total. The van der Waals surface area contributed by atoms with Gasteiger partial charge in [-0.2, -0.15) is 0 Å². The molecule has 0 unspecified atom stereocenters. The molecule has 0 amide bonds. The number of hydrogen-bond acceptors (Lipinski definition) is 3. The summed E-state index contributed by atoms with van der Waals surface area (Å²) in [5.74, 6) is 1.47. The summed E-state index contributed by atoms with van der Waals surface area (Å²) in [7, 11) is 1.74. The predicted molar refractivity (Wildman–Crippen MR) is 89.2 cm³/mol. The normalized spacial score (nSPS) is 11.2. The molecule has 0 atom stereocenters. The molecule has 0 fully saturated rings. The van der Waals surface area contributed by atoms with Crippen LogP contribution in [0.1, 0.15) is 18.9 Å². The van der Waals surface area contributed by atoms with Crippen LogP contribution in [0.2, 0.25) is 0 Å². The fraction of sp³-hybridized carbons (Fsp3) is 0.294. The SMILES string of the molecule is CCCNC(=NC)NCc1ccnc(Oc2ccc(F)cc2)c1. The molecule has 0 radical (unpaired) electrons. The smallest absolute Gasteiger partial charge is 0.219 e. The number of nitrogens with one attached hydrogen (secondary N) is 2. The van der Waals surface area contributed by atoms with E-state index >= 15 is 0 Å². The van der Waals surface area contributed by atoms with Crippen molar-refractivity contribution in [2.24, 2.45) is 4.99 Å². The van der Waals surface area contributed by atoms with E-state index < -0.39 is 0 Å². The summed E-state index contributed by atoms with van der Waals surface area (Å²) >= 11 is 0. The highest BCUT2D eigenvalue weighted by atomic mass is 19.1. The van der Waals surface area contributed by atoms with Crippen LogP contribution in [0.15, 0.2) is 47.6 Å². The molecule has 0 aliphatic rings. The van der Waals surface area contributed by atoms with Gasteiger partial charge in [0.1, 0.15) is 11.6 Å². The van der Waals surface area contributed by atoms with Crippen LogP contribution in [0.4, 0.5) is 4.39 Å². The Hall–Kier alpha value is -2.63. The van der Waals surface area contributed by atoms with Crippen molar-refractivity contribution in [2.45, 2.75) is 19.9 Å². The van der Waals surface area contributed by atoms with E-state index in [4.69, 9.17) is 4.74 Å². The van der Waals surface area contributed by atoms with Crippen LogP contribution in [-0.2, 0) is 6.54 Å². The first kappa shape index (κ1) is 16.7. The van der Waals surface area contributed by atoms with E-state index in [1.165, 1.54) is 12.1 Å². The standard InChI is InChI=1S/C17H21FN4O/c1-3-9-21-17(19-2)22-12-13-8-10-20-16(11-13)23-15-6-4-14(18)5-7-15/h4-8,10-11H,3,9,12H2,1-2H3,(H2,19,21,22). The van der Waals surface area contributed by atoms with Gasteiger partial charge in [-0.05, 0) is 42.3 Å². The number of guanidine groups is 1. The van der Waals surface area contributed by atoms with Crippen molar-refractivity contribution in [3.63, 3.8) is 0 Å². The zero-order chi connectivity index (χ0) is 16.5. The Morgan fingerprint density at radius 3 is 2.70 bits per heavy atom. The number of rotatable bonds is 6. The number of benzene rings is 1. The van der Waals surface area contributed by atoms with Gasteiger partial charge in [0.2, 0.25) is 5.88 Å². The summed E-state index contributed by atoms with van der Waals surface area (Å²) in [5, 5.41) is 6.43. The maximum atomic E-state index is 12.9. The van der Waals surface area contributed by atoms with Gasteiger partial charge >= 0.3 is 0 Å². The zero-order valence-electron chi connectivity index (χ0n) is 13.3. The van der Waals surface area contributed by atoms with E-state index in [1.54, 1.807) is 25.4 Å². The first-order valence-corrected chi connectivity index (χ1v) is 7.54. The Labute approximate surface area is 135 Å². The van der Waals surface area contributed by atoms with E-state index in [0.29, 0.717) is 18.2 Å². The quantitative estimate of drug-likeness (QED) is 0.635. The van der Waals surface area contributed by atoms with Crippen LogP contribution in [0.5, 0.6) is 11.6 Å². The first-order valence-electron chi connectivity index (χ1n) is 7.54. The Bertz CT molecular complexity index is 643. The zero-order valence-corrected chi connectivity index (χ0v) is 13.3. The molecule has 23 heavy (non-hydrogen) atoms. The maximum Gasteiger partial charge on any atom is 0.219 e. The second-order valence-corrected chi connectivity index (χ2v) is 4.91. The fourth-order valence-corrected chi connectivity index (χ4v) is 1.89. The van der Waals surface area contributed by atoms with Crippen molar-refractivity contribution >= 4 is 5.96 Å². The van der Waals surface area contributed by atoms with Crippen LogP contribution in [-0.4, -0.2) is 24.5 Å². The molecular formula is C17H21FN4O. The van der Waals surface area contributed by atoms with Crippen LogP contribution in [0.25, 0.3) is 0 Å². The van der Waals surface area contributed by atoms with Gasteiger partial charge in [0.05, 0.1) is 0 Å². The molecule has 1 heterocycles. The van der Waals surface area contributed by atoms with Crippen LogP contribution in [0, 0.1) is 5.82 Å². The molecule has 0 saturated carbocycles. The van der Waals surface area contributed by atoms with Gasteiger partial charge in [0, 0.05) is 32.4 Å². The third kappa shape index (κ3) is 5.58. The van der Waals surface area contributed by atoms with Crippen molar-refractivity contribution in [2.75, 3.05) is 13.6 Å². The fourth-order valence-electron chi connectivity index (χ4n) is 1.89. The minimum Gasteiger partial charge on any atom is -0.439 e. The summed E-state index contributed by atoms with van der Waals surface area (Å²) < 4.78 is 18.5. The third-order valence-electron chi connectivity index (χ3n) is 3.06. The molecule has 0 bridgehead atoms. The number of ether oxygens (including phenoxy) is 1. The Morgan fingerprint density at radius 2 is 2.00 bits per heavy atom. The summed E-state index contributed by atoms with van der Waals surface area (Å²) in [6.45, 7) is 3.57. The topological polar surface area (TPSA) is 58.5 Å². The molecule has 0 aliphatic carbocycles. The highest BCUT2D eigenvalue weighted by Gasteiger charge is 2.02. The van der Waals surface area contributed by atoms with Gasteiger partial charge in [-0.25, -0.2) is 9.37 Å². The molecular weight excluding hydrogens is 295 g/mol. The number of aromatic nitrogens is 1. The van der Waals surface area contributed by atoms with Gasteiger partial charge < -0.3 is 15.4 Å². The number of hydrogen-bond donors (Lipinski definition) is 2. The lowest BCUT2D eigenvalue weighted by Gasteiger charge is -2.11. The minimum atomic E-state index is -0.297.